The Bertz CT molecular complexity index is 640. The number of carbonyl (C=O) groups excluding carboxylic acids is 2. The molecule has 1 aliphatic rings. The molecule has 2 N–H and O–H groups in total. The molecule has 1 heterocycles. The normalized spacial score (nSPS) is 14.0. The lowest BCUT2D eigenvalue weighted by molar-refractivity contribution is -0.123. The molecule has 5 nitrogen and oxygen atoms in total. The molecule has 0 unspecified atom stereocenters. The fourth-order valence-corrected chi connectivity index (χ4v) is 2.35. The van der Waals surface area contributed by atoms with Crippen LogP contribution in [0.1, 0.15) is 31.4 Å². The highest BCUT2D eigenvalue weighted by Crippen LogP contribution is 2.28. The van der Waals surface area contributed by atoms with E-state index in [-0.39, 0.29) is 17.7 Å². The summed E-state index contributed by atoms with van der Waals surface area (Å²) in [5.41, 5.74) is 0.828. The molecule has 1 aromatic heterocycles. The SMILES string of the molecule is O=C(CCCNC(=O)C1CC1)NCc1cc2ccccc2o1. The summed E-state index contributed by atoms with van der Waals surface area (Å²) in [4.78, 5) is 23.2. The van der Waals surface area contributed by atoms with Gasteiger partial charge in [0.1, 0.15) is 11.3 Å². The number of nitrogens with one attached hydrogen (secondary N) is 2. The summed E-state index contributed by atoms with van der Waals surface area (Å²) in [6, 6.07) is 9.70. The van der Waals surface area contributed by atoms with E-state index >= 15 is 0 Å². The number of benzene rings is 1. The number of carbonyl (C=O) groups is 2. The maximum Gasteiger partial charge on any atom is 0.223 e. The first-order chi connectivity index (χ1) is 10.7. The first-order valence-corrected chi connectivity index (χ1v) is 7.74. The lowest BCUT2D eigenvalue weighted by Crippen LogP contribution is -2.28. The Balaban J connectivity index is 1.35. The third-order valence-corrected chi connectivity index (χ3v) is 3.76. The van der Waals surface area contributed by atoms with E-state index < -0.39 is 0 Å². The molecule has 1 saturated carbocycles. The van der Waals surface area contributed by atoms with Crippen LogP contribution in [0.15, 0.2) is 34.7 Å². The van der Waals surface area contributed by atoms with Gasteiger partial charge in [0.05, 0.1) is 6.54 Å². The van der Waals surface area contributed by atoms with Gasteiger partial charge in [0.15, 0.2) is 0 Å². The standard InChI is InChI=1S/C17H20N2O3/c20-16(6-3-9-18-17(21)12-7-8-12)19-11-14-10-13-4-1-2-5-15(13)22-14/h1-2,4-5,10,12H,3,6-9,11H2,(H,18,21)(H,19,20). The molecular weight excluding hydrogens is 280 g/mol. The topological polar surface area (TPSA) is 71.3 Å². The molecule has 0 aliphatic heterocycles. The largest absolute Gasteiger partial charge is 0.459 e. The average Bonchev–Trinajstić information content (AvgIpc) is 3.29. The van der Waals surface area contributed by atoms with Crippen LogP contribution in [0.2, 0.25) is 0 Å². The van der Waals surface area contributed by atoms with Crippen molar-refractivity contribution in [3.8, 4) is 0 Å². The minimum atomic E-state index is -0.0267. The van der Waals surface area contributed by atoms with Crippen LogP contribution in [0.5, 0.6) is 0 Å². The maximum atomic E-state index is 11.8. The van der Waals surface area contributed by atoms with E-state index in [1.807, 2.05) is 30.3 Å². The Labute approximate surface area is 129 Å². The molecule has 0 bridgehead atoms. The van der Waals surface area contributed by atoms with Gasteiger partial charge in [-0.15, -0.1) is 0 Å². The number of furan rings is 1. The van der Waals surface area contributed by atoms with E-state index in [0.717, 1.165) is 29.6 Å². The maximum absolute atomic E-state index is 11.8. The predicted molar refractivity (Wildman–Crippen MR) is 83.0 cm³/mol. The molecule has 0 spiro atoms. The number of fused-ring (bicyclic) bond motifs is 1. The van der Waals surface area contributed by atoms with Crippen molar-refractivity contribution < 1.29 is 14.0 Å². The van der Waals surface area contributed by atoms with Crippen molar-refractivity contribution in [3.05, 3.63) is 36.1 Å². The summed E-state index contributed by atoms with van der Waals surface area (Å²) in [6.45, 7) is 0.954. The zero-order chi connectivity index (χ0) is 15.4. The number of amides is 2. The molecule has 3 rings (SSSR count). The van der Waals surface area contributed by atoms with Crippen molar-refractivity contribution in [2.75, 3.05) is 6.54 Å². The van der Waals surface area contributed by atoms with Crippen LogP contribution in [0.25, 0.3) is 11.0 Å². The van der Waals surface area contributed by atoms with Gasteiger partial charge in [0.2, 0.25) is 11.8 Å². The van der Waals surface area contributed by atoms with Crippen molar-refractivity contribution in [1.82, 2.24) is 10.6 Å². The van der Waals surface area contributed by atoms with Crippen molar-refractivity contribution in [2.24, 2.45) is 5.92 Å². The second kappa shape index (κ2) is 6.64. The van der Waals surface area contributed by atoms with Gasteiger partial charge in [-0.2, -0.15) is 0 Å². The molecule has 22 heavy (non-hydrogen) atoms. The van der Waals surface area contributed by atoms with E-state index in [9.17, 15) is 9.59 Å². The number of hydrogen-bond acceptors (Lipinski definition) is 3. The van der Waals surface area contributed by atoms with Gasteiger partial charge < -0.3 is 15.1 Å². The Kier molecular flexibility index (Phi) is 4.42. The third kappa shape index (κ3) is 3.87. The minimum Gasteiger partial charge on any atom is -0.459 e. The van der Waals surface area contributed by atoms with E-state index in [2.05, 4.69) is 10.6 Å². The van der Waals surface area contributed by atoms with Crippen LogP contribution >= 0.6 is 0 Å². The van der Waals surface area contributed by atoms with Gasteiger partial charge in [-0.05, 0) is 31.4 Å². The molecule has 0 atom stereocenters. The van der Waals surface area contributed by atoms with Gasteiger partial charge >= 0.3 is 0 Å². The molecule has 1 fully saturated rings. The molecule has 0 radical (unpaired) electrons. The van der Waals surface area contributed by atoms with Crippen LogP contribution < -0.4 is 10.6 Å². The highest BCUT2D eigenvalue weighted by molar-refractivity contribution is 5.81. The second-order valence-corrected chi connectivity index (χ2v) is 5.70. The van der Waals surface area contributed by atoms with Crippen LogP contribution in [0, 0.1) is 5.92 Å². The number of hydrogen-bond donors (Lipinski definition) is 2. The zero-order valence-electron chi connectivity index (χ0n) is 12.4. The summed E-state index contributed by atoms with van der Waals surface area (Å²) in [5, 5.41) is 6.73. The second-order valence-electron chi connectivity index (χ2n) is 5.70. The van der Waals surface area contributed by atoms with Gasteiger partial charge in [-0.25, -0.2) is 0 Å². The van der Waals surface area contributed by atoms with E-state index in [1.54, 1.807) is 0 Å². The monoisotopic (exact) mass is 300 g/mol. The molecule has 1 aromatic carbocycles. The predicted octanol–water partition coefficient (Wildman–Crippen LogP) is 2.36. The highest BCUT2D eigenvalue weighted by atomic mass is 16.3. The van der Waals surface area contributed by atoms with E-state index in [4.69, 9.17) is 4.42 Å². The van der Waals surface area contributed by atoms with Crippen molar-refractivity contribution >= 4 is 22.8 Å². The van der Waals surface area contributed by atoms with Crippen LogP contribution in [-0.2, 0) is 16.1 Å². The Morgan fingerprint density at radius 1 is 1.18 bits per heavy atom. The van der Waals surface area contributed by atoms with Crippen molar-refractivity contribution in [2.45, 2.75) is 32.2 Å². The number of rotatable bonds is 7. The third-order valence-electron chi connectivity index (χ3n) is 3.76. The fraction of sp³-hybridized carbons (Fsp3) is 0.412. The van der Waals surface area contributed by atoms with Gasteiger partial charge in [-0.1, -0.05) is 18.2 Å². The molecule has 2 amide bonds. The van der Waals surface area contributed by atoms with Crippen molar-refractivity contribution in [1.29, 1.82) is 0 Å². The summed E-state index contributed by atoms with van der Waals surface area (Å²) < 4.78 is 5.64. The first-order valence-electron chi connectivity index (χ1n) is 7.74. The Morgan fingerprint density at radius 3 is 2.77 bits per heavy atom. The molecular formula is C17H20N2O3. The van der Waals surface area contributed by atoms with Crippen molar-refractivity contribution in [3.63, 3.8) is 0 Å². The minimum absolute atomic E-state index is 0.0267. The molecule has 0 saturated heterocycles. The first kappa shape index (κ1) is 14.6. The summed E-state index contributed by atoms with van der Waals surface area (Å²) in [6.07, 6.45) is 3.07. The lowest BCUT2D eigenvalue weighted by Gasteiger charge is -2.05. The Hall–Kier alpha value is -2.30. The van der Waals surface area contributed by atoms with Gasteiger partial charge in [-0.3, -0.25) is 9.59 Å². The Morgan fingerprint density at radius 2 is 2.00 bits per heavy atom. The molecule has 1 aliphatic carbocycles. The smallest absolute Gasteiger partial charge is 0.223 e. The summed E-state index contributed by atoms with van der Waals surface area (Å²) >= 11 is 0. The molecule has 116 valence electrons. The van der Waals surface area contributed by atoms with E-state index in [0.29, 0.717) is 25.9 Å². The van der Waals surface area contributed by atoms with Gasteiger partial charge in [0.25, 0.3) is 0 Å². The fourth-order valence-electron chi connectivity index (χ4n) is 2.35. The van der Waals surface area contributed by atoms with Crippen LogP contribution in [0.3, 0.4) is 0 Å². The lowest BCUT2D eigenvalue weighted by atomic mass is 10.2. The molecule has 2 aromatic rings. The van der Waals surface area contributed by atoms with Crippen LogP contribution in [0.4, 0.5) is 0 Å². The summed E-state index contributed by atoms with van der Waals surface area (Å²) in [7, 11) is 0. The summed E-state index contributed by atoms with van der Waals surface area (Å²) in [5.74, 6) is 1.07. The van der Waals surface area contributed by atoms with Gasteiger partial charge in [0, 0.05) is 24.3 Å². The number of para-hydroxylation sites is 1. The quantitative estimate of drug-likeness (QED) is 0.771. The average molecular weight is 300 g/mol. The van der Waals surface area contributed by atoms with Crippen LogP contribution in [-0.4, -0.2) is 18.4 Å². The highest BCUT2D eigenvalue weighted by Gasteiger charge is 2.28. The van der Waals surface area contributed by atoms with E-state index in [1.165, 1.54) is 0 Å². The zero-order valence-corrected chi connectivity index (χ0v) is 12.4. The molecule has 5 heteroatoms.